The van der Waals surface area contributed by atoms with Crippen LogP contribution in [0.15, 0.2) is 22.7 Å². The van der Waals surface area contributed by atoms with Crippen LogP contribution in [0.4, 0.5) is 0 Å². The summed E-state index contributed by atoms with van der Waals surface area (Å²) in [5, 5.41) is 4.86. The SMILES string of the molecule is NCC1CCC(c2nc(COc3ccc(Cl)cc3Cl)no2)O1. The molecular weight excluding hydrogens is 329 g/mol. The molecule has 2 atom stereocenters. The first kappa shape index (κ1) is 15.6. The second kappa shape index (κ2) is 6.83. The van der Waals surface area contributed by atoms with Gasteiger partial charge < -0.3 is 19.7 Å². The van der Waals surface area contributed by atoms with E-state index in [9.17, 15) is 0 Å². The predicted molar refractivity (Wildman–Crippen MR) is 81.0 cm³/mol. The average molecular weight is 344 g/mol. The molecule has 1 aliphatic rings. The fraction of sp³-hybridized carbons (Fsp3) is 0.429. The molecule has 2 unspecified atom stereocenters. The third-order valence-corrected chi connectivity index (χ3v) is 3.91. The molecule has 3 rings (SSSR count). The summed E-state index contributed by atoms with van der Waals surface area (Å²) in [6.07, 6.45) is 1.60. The van der Waals surface area contributed by atoms with E-state index in [0.717, 1.165) is 12.8 Å². The topological polar surface area (TPSA) is 83.4 Å². The number of benzene rings is 1. The molecule has 0 amide bonds. The first-order valence-corrected chi connectivity index (χ1v) is 7.67. The molecule has 1 aromatic heterocycles. The molecule has 1 aliphatic heterocycles. The largest absolute Gasteiger partial charge is 0.484 e. The van der Waals surface area contributed by atoms with Gasteiger partial charge in [-0.1, -0.05) is 28.4 Å². The third-order valence-electron chi connectivity index (χ3n) is 3.38. The van der Waals surface area contributed by atoms with Crippen molar-refractivity contribution >= 4 is 23.2 Å². The summed E-state index contributed by atoms with van der Waals surface area (Å²) in [6.45, 7) is 0.646. The van der Waals surface area contributed by atoms with Gasteiger partial charge in [0.2, 0.25) is 5.82 Å². The Balaban J connectivity index is 1.60. The summed E-state index contributed by atoms with van der Waals surface area (Å²) in [5.41, 5.74) is 5.58. The maximum atomic E-state index is 6.03. The van der Waals surface area contributed by atoms with Gasteiger partial charge in [-0.2, -0.15) is 4.98 Å². The molecule has 1 saturated heterocycles. The summed E-state index contributed by atoms with van der Waals surface area (Å²) in [6, 6.07) is 5.00. The van der Waals surface area contributed by atoms with Gasteiger partial charge in [-0.3, -0.25) is 0 Å². The number of halogens is 2. The lowest BCUT2D eigenvalue weighted by Gasteiger charge is -2.07. The fourth-order valence-electron chi connectivity index (χ4n) is 2.25. The van der Waals surface area contributed by atoms with Gasteiger partial charge >= 0.3 is 0 Å². The van der Waals surface area contributed by atoms with Gasteiger partial charge in [-0.25, -0.2) is 0 Å². The Labute approximate surface area is 137 Å². The van der Waals surface area contributed by atoms with Crippen molar-refractivity contribution in [2.75, 3.05) is 6.54 Å². The lowest BCUT2D eigenvalue weighted by atomic mass is 10.2. The highest BCUT2D eigenvalue weighted by atomic mass is 35.5. The van der Waals surface area contributed by atoms with Crippen molar-refractivity contribution in [1.29, 1.82) is 0 Å². The highest BCUT2D eigenvalue weighted by molar-refractivity contribution is 6.35. The Morgan fingerprint density at radius 3 is 2.91 bits per heavy atom. The molecule has 0 bridgehead atoms. The van der Waals surface area contributed by atoms with E-state index >= 15 is 0 Å². The highest BCUT2D eigenvalue weighted by Crippen LogP contribution is 2.31. The summed E-state index contributed by atoms with van der Waals surface area (Å²) >= 11 is 11.9. The Morgan fingerprint density at radius 2 is 2.18 bits per heavy atom. The molecule has 2 N–H and O–H groups in total. The average Bonchev–Trinajstić information content (AvgIpc) is 3.15. The molecule has 6 nitrogen and oxygen atoms in total. The molecule has 1 aromatic carbocycles. The van der Waals surface area contributed by atoms with Crippen molar-refractivity contribution in [3.8, 4) is 5.75 Å². The van der Waals surface area contributed by atoms with Crippen molar-refractivity contribution in [3.05, 3.63) is 40.0 Å². The van der Waals surface area contributed by atoms with Crippen LogP contribution in [0.25, 0.3) is 0 Å². The number of nitrogens with two attached hydrogens (primary N) is 1. The summed E-state index contributed by atoms with van der Waals surface area (Å²) in [5.74, 6) is 1.40. The van der Waals surface area contributed by atoms with E-state index in [1.165, 1.54) is 0 Å². The molecule has 118 valence electrons. The minimum absolute atomic E-state index is 0.0597. The van der Waals surface area contributed by atoms with Crippen LogP contribution in [0, 0.1) is 0 Å². The van der Waals surface area contributed by atoms with Gasteiger partial charge in [0.1, 0.15) is 11.9 Å². The number of aromatic nitrogens is 2. The molecule has 2 aromatic rings. The van der Waals surface area contributed by atoms with Gasteiger partial charge in [0, 0.05) is 11.6 Å². The van der Waals surface area contributed by atoms with Crippen molar-refractivity contribution in [2.24, 2.45) is 5.73 Å². The number of ether oxygens (including phenoxy) is 2. The fourth-order valence-corrected chi connectivity index (χ4v) is 2.72. The van der Waals surface area contributed by atoms with Gasteiger partial charge in [0.15, 0.2) is 6.61 Å². The maximum absolute atomic E-state index is 6.03. The van der Waals surface area contributed by atoms with Gasteiger partial charge in [-0.15, -0.1) is 0 Å². The molecule has 0 radical (unpaired) electrons. The quantitative estimate of drug-likeness (QED) is 0.897. The monoisotopic (exact) mass is 343 g/mol. The molecule has 22 heavy (non-hydrogen) atoms. The number of hydrogen-bond acceptors (Lipinski definition) is 6. The summed E-state index contributed by atoms with van der Waals surface area (Å²) in [4.78, 5) is 4.29. The molecule has 0 saturated carbocycles. The van der Waals surface area contributed by atoms with Crippen LogP contribution in [-0.4, -0.2) is 22.8 Å². The molecule has 1 fully saturated rings. The Bertz CT molecular complexity index is 650. The van der Waals surface area contributed by atoms with Crippen LogP contribution in [-0.2, 0) is 11.3 Å². The van der Waals surface area contributed by atoms with E-state index in [4.69, 9.17) is 42.9 Å². The second-order valence-electron chi connectivity index (χ2n) is 4.97. The van der Waals surface area contributed by atoms with Crippen molar-refractivity contribution in [1.82, 2.24) is 10.1 Å². The van der Waals surface area contributed by atoms with E-state index in [2.05, 4.69) is 10.1 Å². The Kier molecular flexibility index (Phi) is 4.83. The zero-order chi connectivity index (χ0) is 15.5. The number of rotatable bonds is 5. The van der Waals surface area contributed by atoms with Crippen molar-refractivity contribution in [3.63, 3.8) is 0 Å². The van der Waals surface area contributed by atoms with Gasteiger partial charge in [0.05, 0.1) is 11.1 Å². The first-order chi connectivity index (χ1) is 10.7. The van der Waals surface area contributed by atoms with Crippen LogP contribution in [0.3, 0.4) is 0 Å². The van der Waals surface area contributed by atoms with Gasteiger partial charge in [-0.05, 0) is 31.0 Å². The second-order valence-corrected chi connectivity index (χ2v) is 5.82. The normalized spacial score (nSPS) is 21.2. The van der Waals surface area contributed by atoms with Crippen LogP contribution in [0.2, 0.25) is 10.0 Å². The van der Waals surface area contributed by atoms with Crippen molar-refractivity contribution < 1.29 is 14.0 Å². The summed E-state index contributed by atoms with van der Waals surface area (Å²) in [7, 11) is 0. The van der Waals surface area contributed by atoms with E-state index < -0.39 is 0 Å². The van der Waals surface area contributed by atoms with Crippen LogP contribution < -0.4 is 10.5 Å². The van der Waals surface area contributed by atoms with Crippen LogP contribution in [0.5, 0.6) is 5.75 Å². The Hall–Kier alpha value is -1.34. The van der Waals surface area contributed by atoms with E-state index in [1.807, 2.05) is 0 Å². The Morgan fingerprint density at radius 1 is 1.32 bits per heavy atom. The molecule has 0 spiro atoms. The smallest absolute Gasteiger partial charge is 0.255 e. The number of nitrogens with zero attached hydrogens (tertiary/aromatic N) is 2. The summed E-state index contributed by atoms with van der Waals surface area (Å²) < 4.78 is 16.5. The van der Waals surface area contributed by atoms with E-state index in [0.29, 0.717) is 34.1 Å². The lowest BCUT2D eigenvalue weighted by molar-refractivity contribution is 0.0307. The molecule has 8 heteroatoms. The van der Waals surface area contributed by atoms with E-state index in [1.54, 1.807) is 18.2 Å². The standard InChI is InChI=1S/C14H15Cl2N3O3/c15-8-1-3-11(10(16)5-8)20-7-13-18-14(22-19-13)12-4-2-9(6-17)21-12/h1,3,5,9,12H,2,4,6-7,17H2. The molecular formula is C14H15Cl2N3O3. The van der Waals surface area contributed by atoms with Gasteiger partial charge in [0.25, 0.3) is 5.89 Å². The minimum atomic E-state index is -0.186. The van der Waals surface area contributed by atoms with Crippen LogP contribution >= 0.6 is 23.2 Å². The zero-order valence-corrected chi connectivity index (χ0v) is 13.2. The first-order valence-electron chi connectivity index (χ1n) is 6.91. The lowest BCUT2D eigenvalue weighted by Crippen LogP contribution is -2.18. The maximum Gasteiger partial charge on any atom is 0.255 e. The number of hydrogen-bond donors (Lipinski definition) is 1. The molecule has 0 aliphatic carbocycles. The van der Waals surface area contributed by atoms with E-state index in [-0.39, 0.29) is 18.8 Å². The molecule has 2 heterocycles. The highest BCUT2D eigenvalue weighted by Gasteiger charge is 2.29. The van der Waals surface area contributed by atoms with Crippen molar-refractivity contribution in [2.45, 2.75) is 31.7 Å². The third kappa shape index (κ3) is 3.52. The minimum Gasteiger partial charge on any atom is -0.484 e. The zero-order valence-electron chi connectivity index (χ0n) is 11.7. The predicted octanol–water partition coefficient (Wildman–Crippen LogP) is 3.13. The van der Waals surface area contributed by atoms with Crippen LogP contribution in [0.1, 0.15) is 30.7 Å².